The molecule has 5 nitrogen and oxygen atoms in total. The lowest BCUT2D eigenvalue weighted by molar-refractivity contribution is -0.116. The van der Waals surface area contributed by atoms with Gasteiger partial charge in [-0.2, -0.15) is 0 Å². The molecular formula is C25H29N3O2. The largest absolute Gasteiger partial charge is 0.494 e. The number of ether oxygens (including phenoxy) is 1. The Morgan fingerprint density at radius 2 is 1.70 bits per heavy atom. The molecule has 1 fully saturated rings. The van der Waals surface area contributed by atoms with Crippen molar-refractivity contribution in [2.75, 3.05) is 23.8 Å². The molecule has 0 bridgehead atoms. The summed E-state index contributed by atoms with van der Waals surface area (Å²) in [6.07, 6.45) is 7.98. The molecule has 0 radical (unpaired) electrons. The Morgan fingerprint density at radius 3 is 2.50 bits per heavy atom. The summed E-state index contributed by atoms with van der Waals surface area (Å²) in [5.41, 5.74) is 4.74. The molecule has 0 aromatic heterocycles. The minimum atomic E-state index is -0.199. The Balaban J connectivity index is 1.31. The van der Waals surface area contributed by atoms with Gasteiger partial charge in [0, 0.05) is 5.70 Å². The summed E-state index contributed by atoms with van der Waals surface area (Å²) in [6, 6.07) is 16.1. The predicted molar refractivity (Wildman–Crippen MR) is 120 cm³/mol. The molecule has 156 valence electrons. The van der Waals surface area contributed by atoms with E-state index in [1.165, 1.54) is 32.1 Å². The van der Waals surface area contributed by atoms with Crippen molar-refractivity contribution in [3.05, 3.63) is 65.4 Å². The minimum Gasteiger partial charge on any atom is -0.494 e. The van der Waals surface area contributed by atoms with Crippen molar-refractivity contribution in [3.63, 3.8) is 0 Å². The molecule has 2 aliphatic heterocycles. The van der Waals surface area contributed by atoms with Crippen LogP contribution in [0.15, 0.2) is 59.8 Å². The van der Waals surface area contributed by atoms with E-state index in [1.54, 1.807) is 0 Å². The molecular weight excluding hydrogens is 374 g/mol. The molecule has 1 aliphatic carbocycles. The number of carbonyl (C=O) groups excluding carboxylic acids is 1. The van der Waals surface area contributed by atoms with Gasteiger partial charge in [-0.05, 0) is 42.2 Å². The highest BCUT2D eigenvalue weighted by Crippen LogP contribution is 2.38. The van der Waals surface area contributed by atoms with Gasteiger partial charge in [0.15, 0.2) is 0 Å². The lowest BCUT2D eigenvalue weighted by Crippen LogP contribution is -2.24. The molecule has 5 rings (SSSR count). The van der Waals surface area contributed by atoms with Crippen LogP contribution in [-0.2, 0) is 4.79 Å². The molecule has 0 saturated heterocycles. The van der Waals surface area contributed by atoms with Crippen LogP contribution in [0.2, 0.25) is 0 Å². The van der Waals surface area contributed by atoms with Crippen LogP contribution in [0.5, 0.6) is 5.75 Å². The molecule has 1 saturated carbocycles. The third-order valence-electron chi connectivity index (χ3n) is 6.53. The maximum atomic E-state index is 12.6. The van der Waals surface area contributed by atoms with E-state index in [4.69, 9.17) is 4.74 Å². The fourth-order valence-corrected chi connectivity index (χ4v) is 4.85. The second-order valence-electron chi connectivity index (χ2n) is 8.53. The molecule has 5 heteroatoms. The number of anilines is 2. The third-order valence-corrected chi connectivity index (χ3v) is 6.53. The Bertz CT molecular complexity index is 945. The standard InChI is InChI=1S/C25H29N3O2/c29-25-23-22(16-26-25)27-20-8-4-5-9-21(20)28-24(23)18-10-12-19(13-11-18)30-15-14-17-6-2-1-3-7-17/h4-5,8-13,17,24,27-28H,1-3,6-7,14-16H2,(H,26,29). The summed E-state index contributed by atoms with van der Waals surface area (Å²) in [7, 11) is 0. The summed E-state index contributed by atoms with van der Waals surface area (Å²) < 4.78 is 6.02. The predicted octanol–water partition coefficient (Wildman–Crippen LogP) is 5.00. The van der Waals surface area contributed by atoms with Crippen LogP contribution in [0, 0.1) is 5.92 Å². The highest BCUT2D eigenvalue weighted by molar-refractivity contribution is 6.00. The second-order valence-corrected chi connectivity index (χ2v) is 8.53. The Morgan fingerprint density at radius 1 is 0.933 bits per heavy atom. The lowest BCUT2D eigenvalue weighted by atomic mass is 9.87. The van der Waals surface area contributed by atoms with Gasteiger partial charge in [0.05, 0.1) is 36.1 Å². The first-order valence-corrected chi connectivity index (χ1v) is 11.1. The van der Waals surface area contributed by atoms with Crippen molar-refractivity contribution >= 4 is 17.3 Å². The molecule has 30 heavy (non-hydrogen) atoms. The fraction of sp³-hybridized carbons (Fsp3) is 0.400. The van der Waals surface area contributed by atoms with Crippen molar-refractivity contribution < 1.29 is 9.53 Å². The van der Waals surface area contributed by atoms with Gasteiger partial charge in [0.2, 0.25) is 0 Å². The van der Waals surface area contributed by atoms with Gasteiger partial charge in [-0.15, -0.1) is 0 Å². The van der Waals surface area contributed by atoms with Gasteiger partial charge in [-0.1, -0.05) is 56.4 Å². The number of carbonyl (C=O) groups is 1. The van der Waals surface area contributed by atoms with Gasteiger partial charge in [-0.25, -0.2) is 0 Å². The molecule has 3 aliphatic rings. The fourth-order valence-electron chi connectivity index (χ4n) is 4.85. The Hall–Kier alpha value is -2.95. The van der Waals surface area contributed by atoms with E-state index in [2.05, 4.69) is 28.1 Å². The summed E-state index contributed by atoms with van der Waals surface area (Å²) >= 11 is 0. The van der Waals surface area contributed by atoms with E-state index in [0.29, 0.717) is 6.54 Å². The molecule has 2 aromatic rings. The maximum absolute atomic E-state index is 12.6. The van der Waals surface area contributed by atoms with Crippen LogP contribution < -0.4 is 20.7 Å². The van der Waals surface area contributed by atoms with E-state index >= 15 is 0 Å². The average Bonchev–Trinajstić information content (AvgIpc) is 3.05. The van der Waals surface area contributed by atoms with Crippen molar-refractivity contribution in [1.82, 2.24) is 5.32 Å². The molecule has 1 amide bonds. The van der Waals surface area contributed by atoms with E-state index in [-0.39, 0.29) is 11.9 Å². The molecule has 2 aromatic carbocycles. The smallest absolute Gasteiger partial charge is 0.251 e. The van der Waals surface area contributed by atoms with E-state index in [1.807, 2.05) is 36.4 Å². The summed E-state index contributed by atoms with van der Waals surface area (Å²) in [4.78, 5) is 12.6. The first kappa shape index (κ1) is 19.0. The maximum Gasteiger partial charge on any atom is 0.251 e. The van der Waals surface area contributed by atoms with E-state index < -0.39 is 0 Å². The summed E-state index contributed by atoms with van der Waals surface area (Å²) in [5.74, 6) is 1.70. The highest BCUT2D eigenvalue weighted by Gasteiger charge is 2.33. The van der Waals surface area contributed by atoms with Crippen LogP contribution in [0.25, 0.3) is 0 Å². The molecule has 1 unspecified atom stereocenters. The van der Waals surface area contributed by atoms with Crippen molar-refractivity contribution in [3.8, 4) is 5.75 Å². The molecule has 0 spiro atoms. The van der Waals surface area contributed by atoms with Crippen molar-refractivity contribution in [2.45, 2.75) is 44.6 Å². The number of rotatable bonds is 5. The zero-order valence-electron chi connectivity index (χ0n) is 17.2. The van der Waals surface area contributed by atoms with Crippen LogP contribution >= 0.6 is 0 Å². The lowest BCUT2D eigenvalue weighted by Gasteiger charge is -2.22. The average molecular weight is 404 g/mol. The van der Waals surface area contributed by atoms with Crippen LogP contribution in [-0.4, -0.2) is 19.1 Å². The summed E-state index contributed by atoms with van der Waals surface area (Å²) in [5, 5.41) is 9.94. The van der Waals surface area contributed by atoms with Crippen LogP contribution in [0.3, 0.4) is 0 Å². The van der Waals surface area contributed by atoms with E-state index in [9.17, 15) is 4.79 Å². The first-order valence-electron chi connectivity index (χ1n) is 11.1. The van der Waals surface area contributed by atoms with Gasteiger partial charge in [-0.3, -0.25) is 4.79 Å². The number of para-hydroxylation sites is 2. The quantitative estimate of drug-likeness (QED) is 0.658. The van der Waals surface area contributed by atoms with E-state index in [0.717, 1.165) is 52.9 Å². The second kappa shape index (κ2) is 8.42. The number of fused-ring (bicyclic) bond motifs is 1. The highest BCUT2D eigenvalue weighted by atomic mass is 16.5. The zero-order valence-corrected chi connectivity index (χ0v) is 17.2. The van der Waals surface area contributed by atoms with Crippen molar-refractivity contribution in [2.24, 2.45) is 5.92 Å². The zero-order chi connectivity index (χ0) is 20.3. The SMILES string of the molecule is O=C1NCC2=C1C(c1ccc(OCCC3CCCCC3)cc1)Nc1ccccc1N2. The van der Waals surface area contributed by atoms with Gasteiger partial charge in [0.25, 0.3) is 5.91 Å². The number of hydrogen-bond acceptors (Lipinski definition) is 4. The number of nitrogens with one attached hydrogen (secondary N) is 3. The van der Waals surface area contributed by atoms with Crippen LogP contribution in [0.4, 0.5) is 11.4 Å². The Labute approximate surface area is 177 Å². The Kier molecular flexibility index (Phi) is 5.35. The first-order chi connectivity index (χ1) is 14.8. The number of hydrogen-bond donors (Lipinski definition) is 3. The third kappa shape index (κ3) is 3.89. The summed E-state index contributed by atoms with van der Waals surface area (Å²) in [6.45, 7) is 1.31. The van der Waals surface area contributed by atoms with Crippen molar-refractivity contribution in [1.29, 1.82) is 0 Å². The van der Waals surface area contributed by atoms with Crippen LogP contribution in [0.1, 0.15) is 50.1 Å². The van der Waals surface area contributed by atoms with Gasteiger partial charge in [0.1, 0.15) is 5.75 Å². The number of benzene rings is 2. The topological polar surface area (TPSA) is 62.4 Å². The normalized spacial score (nSPS) is 21.1. The minimum absolute atomic E-state index is 0.0179. The van der Waals surface area contributed by atoms with Gasteiger partial charge < -0.3 is 20.7 Å². The number of amides is 1. The molecule has 1 atom stereocenters. The monoisotopic (exact) mass is 403 g/mol. The van der Waals surface area contributed by atoms with Gasteiger partial charge >= 0.3 is 0 Å². The molecule has 3 N–H and O–H groups in total. The molecule has 2 heterocycles.